The third-order valence-corrected chi connectivity index (χ3v) is 4.91. The molecule has 0 amide bonds. The maximum Gasteiger partial charge on any atom is 0.296 e. The molecule has 0 N–H and O–H groups in total. The molecule has 1 aromatic carbocycles. The van der Waals surface area contributed by atoms with E-state index < -0.39 is 5.56 Å². The molecule has 25 heavy (non-hydrogen) atoms. The summed E-state index contributed by atoms with van der Waals surface area (Å²) in [4.78, 5) is 29.0. The van der Waals surface area contributed by atoms with E-state index >= 15 is 0 Å². The highest BCUT2D eigenvalue weighted by atomic mass is 35.5. The van der Waals surface area contributed by atoms with Crippen LogP contribution in [-0.2, 0) is 6.42 Å². The standard InChI is InChI=1S/C17H10ClN3O3S/c18-12-6-2-1-4-10(12)8-13-15(22)19-17-21(20-13)16(23)14(25-17)9-11-5-3-7-24-11/h1-7,9H,8H2. The number of benzene rings is 1. The fourth-order valence-electron chi connectivity index (χ4n) is 2.38. The van der Waals surface area contributed by atoms with Crippen molar-refractivity contribution in [3.05, 3.63) is 89.9 Å². The van der Waals surface area contributed by atoms with Crippen molar-refractivity contribution in [3.63, 3.8) is 0 Å². The zero-order valence-electron chi connectivity index (χ0n) is 12.7. The minimum atomic E-state index is -0.467. The molecule has 0 unspecified atom stereocenters. The van der Waals surface area contributed by atoms with Gasteiger partial charge in [-0.25, -0.2) is 0 Å². The van der Waals surface area contributed by atoms with Crippen LogP contribution in [-0.4, -0.2) is 14.6 Å². The summed E-state index contributed by atoms with van der Waals surface area (Å²) in [5.74, 6) is 0.544. The van der Waals surface area contributed by atoms with Gasteiger partial charge in [0.1, 0.15) is 16.0 Å². The summed E-state index contributed by atoms with van der Waals surface area (Å²) in [6.07, 6.45) is 3.33. The lowest BCUT2D eigenvalue weighted by atomic mass is 10.1. The molecule has 0 radical (unpaired) electrons. The Morgan fingerprint density at radius 3 is 2.80 bits per heavy atom. The van der Waals surface area contributed by atoms with Crippen LogP contribution < -0.4 is 15.7 Å². The van der Waals surface area contributed by atoms with Gasteiger partial charge in [0.25, 0.3) is 11.1 Å². The first-order valence-electron chi connectivity index (χ1n) is 7.33. The number of rotatable bonds is 3. The molecule has 4 aromatic rings. The van der Waals surface area contributed by atoms with Crippen molar-refractivity contribution in [2.24, 2.45) is 0 Å². The SMILES string of the molecule is O=c1nc2sc(=Cc3ccco3)c(=O)n2nc1Cc1ccccc1Cl. The highest BCUT2D eigenvalue weighted by Crippen LogP contribution is 2.16. The Balaban J connectivity index is 1.85. The lowest BCUT2D eigenvalue weighted by Crippen LogP contribution is -2.28. The maximum atomic E-state index is 12.5. The second-order valence-corrected chi connectivity index (χ2v) is 6.67. The Kier molecular flexibility index (Phi) is 3.95. The number of nitrogens with zero attached hydrogens (tertiary/aromatic N) is 3. The predicted molar refractivity (Wildman–Crippen MR) is 95.2 cm³/mol. The van der Waals surface area contributed by atoms with Gasteiger partial charge in [-0.1, -0.05) is 41.1 Å². The third kappa shape index (κ3) is 2.99. The van der Waals surface area contributed by atoms with E-state index in [4.69, 9.17) is 16.0 Å². The number of hydrogen-bond acceptors (Lipinski definition) is 6. The van der Waals surface area contributed by atoms with E-state index in [0.29, 0.717) is 15.3 Å². The van der Waals surface area contributed by atoms with Crippen molar-refractivity contribution in [3.8, 4) is 0 Å². The van der Waals surface area contributed by atoms with Gasteiger partial charge >= 0.3 is 0 Å². The van der Waals surface area contributed by atoms with E-state index in [-0.39, 0.29) is 22.6 Å². The minimum Gasteiger partial charge on any atom is -0.465 e. The molecule has 0 saturated heterocycles. The molecule has 0 aliphatic carbocycles. The van der Waals surface area contributed by atoms with Crippen LogP contribution in [0.15, 0.2) is 56.7 Å². The van der Waals surface area contributed by atoms with Crippen molar-refractivity contribution in [2.75, 3.05) is 0 Å². The number of thiazole rings is 1. The Morgan fingerprint density at radius 2 is 2.04 bits per heavy atom. The molecule has 0 bridgehead atoms. The van der Waals surface area contributed by atoms with Gasteiger partial charge < -0.3 is 4.42 Å². The Labute approximate surface area is 149 Å². The van der Waals surface area contributed by atoms with Gasteiger partial charge in [-0.15, -0.1) is 0 Å². The van der Waals surface area contributed by atoms with Crippen LogP contribution in [0.5, 0.6) is 0 Å². The van der Waals surface area contributed by atoms with Crippen molar-refractivity contribution in [1.29, 1.82) is 0 Å². The lowest BCUT2D eigenvalue weighted by molar-refractivity contribution is 0.556. The average molecular weight is 372 g/mol. The van der Waals surface area contributed by atoms with Crippen molar-refractivity contribution >= 4 is 34.0 Å². The quantitative estimate of drug-likeness (QED) is 0.549. The van der Waals surface area contributed by atoms with Crippen LogP contribution in [0.1, 0.15) is 17.0 Å². The Bertz CT molecular complexity index is 1230. The fraction of sp³-hybridized carbons (Fsp3) is 0.0588. The summed E-state index contributed by atoms with van der Waals surface area (Å²) in [5, 5.41) is 4.73. The molecule has 0 spiro atoms. The number of fused-ring (bicyclic) bond motifs is 1. The molecule has 8 heteroatoms. The molecule has 124 valence electrons. The smallest absolute Gasteiger partial charge is 0.296 e. The molecule has 0 fully saturated rings. The summed E-state index contributed by atoms with van der Waals surface area (Å²) in [6.45, 7) is 0. The van der Waals surface area contributed by atoms with Crippen LogP contribution in [0.25, 0.3) is 11.0 Å². The van der Waals surface area contributed by atoms with Gasteiger partial charge in [0.05, 0.1) is 6.26 Å². The first kappa shape index (κ1) is 15.7. The van der Waals surface area contributed by atoms with Gasteiger partial charge in [-0.2, -0.15) is 14.6 Å². The van der Waals surface area contributed by atoms with Gasteiger partial charge in [-0.05, 0) is 23.8 Å². The topological polar surface area (TPSA) is 77.5 Å². The van der Waals surface area contributed by atoms with E-state index in [9.17, 15) is 9.59 Å². The first-order chi connectivity index (χ1) is 12.1. The highest BCUT2D eigenvalue weighted by Gasteiger charge is 2.13. The molecule has 3 heterocycles. The summed E-state index contributed by atoms with van der Waals surface area (Å²) < 4.78 is 6.75. The highest BCUT2D eigenvalue weighted by molar-refractivity contribution is 7.15. The fourth-order valence-corrected chi connectivity index (χ4v) is 3.46. The molecule has 0 aliphatic rings. The van der Waals surface area contributed by atoms with Gasteiger partial charge in [-0.3, -0.25) is 9.59 Å². The van der Waals surface area contributed by atoms with Crippen molar-refractivity contribution in [1.82, 2.24) is 14.6 Å². The Morgan fingerprint density at radius 1 is 1.20 bits per heavy atom. The molecule has 6 nitrogen and oxygen atoms in total. The molecule has 4 rings (SSSR count). The summed E-state index contributed by atoms with van der Waals surface area (Å²) in [7, 11) is 0. The first-order valence-corrected chi connectivity index (χ1v) is 8.52. The van der Waals surface area contributed by atoms with Gasteiger partial charge in [0, 0.05) is 17.5 Å². The number of hydrogen-bond donors (Lipinski definition) is 0. The van der Waals surface area contributed by atoms with E-state index in [1.807, 2.05) is 6.07 Å². The number of halogens is 1. The van der Waals surface area contributed by atoms with Crippen LogP contribution in [0.4, 0.5) is 0 Å². The molecule has 0 aliphatic heterocycles. The van der Waals surface area contributed by atoms with Gasteiger partial charge in [0.15, 0.2) is 0 Å². The third-order valence-electron chi connectivity index (χ3n) is 3.58. The van der Waals surface area contributed by atoms with E-state index in [1.165, 1.54) is 6.26 Å². The number of aromatic nitrogens is 3. The molecular weight excluding hydrogens is 362 g/mol. The van der Waals surface area contributed by atoms with E-state index in [1.54, 1.807) is 36.4 Å². The largest absolute Gasteiger partial charge is 0.465 e. The summed E-state index contributed by atoms with van der Waals surface area (Å²) in [6, 6.07) is 10.6. The zero-order chi connectivity index (χ0) is 17.4. The van der Waals surface area contributed by atoms with E-state index in [2.05, 4.69) is 10.1 Å². The van der Waals surface area contributed by atoms with Crippen LogP contribution in [0.2, 0.25) is 5.02 Å². The lowest BCUT2D eigenvalue weighted by Gasteiger charge is -2.02. The predicted octanol–water partition coefficient (Wildman–Crippen LogP) is 1.90. The molecule has 3 aromatic heterocycles. The van der Waals surface area contributed by atoms with Crippen LogP contribution in [0.3, 0.4) is 0 Å². The zero-order valence-corrected chi connectivity index (χ0v) is 14.3. The molecular formula is C17H10ClN3O3S. The molecule has 0 saturated carbocycles. The van der Waals surface area contributed by atoms with Crippen LogP contribution in [0, 0.1) is 0 Å². The van der Waals surface area contributed by atoms with Gasteiger partial charge in [0.2, 0.25) is 4.96 Å². The van der Waals surface area contributed by atoms with Crippen molar-refractivity contribution < 1.29 is 4.42 Å². The Hall–Kier alpha value is -2.77. The normalized spacial score (nSPS) is 12.1. The molecule has 0 atom stereocenters. The minimum absolute atomic E-state index is 0.171. The number of furan rings is 1. The van der Waals surface area contributed by atoms with E-state index in [0.717, 1.165) is 21.4 Å². The van der Waals surface area contributed by atoms with Crippen molar-refractivity contribution in [2.45, 2.75) is 6.42 Å². The second-order valence-electron chi connectivity index (χ2n) is 5.26. The monoisotopic (exact) mass is 371 g/mol. The summed E-state index contributed by atoms with van der Waals surface area (Å²) >= 11 is 7.22. The van der Waals surface area contributed by atoms with Crippen LogP contribution >= 0.6 is 22.9 Å². The maximum absolute atomic E-state index is 12.5. The second kappa shape index (κ2) is 6.27. The average Bonchev–Trinajstić information content (AvgIpc) is 3.20. The summed E-state index contributed by atoms with van der Waals surface area (Å²) in [5.41, 5.74) is 0.112.